The van der Waals surface area contributed by atoms with Crippen molar-refractivity contribution in [3.05, 3.63) is 65.4 Å². The van der Waals surface area contributed by atoms with Crippen LogP contribution in [0.3, 0.4) is 0 Å². The second kappa shape index (κ2) is 12.4. The highest BCUT2D eigenvalue weighted by atomic mass is 16.6. The van der Waals surface area contributed by atoms with E-state index in [1.165, 1.54) is 23.8 Å². The Morgan fingerprint density at radius 2 is 1.85 bits per heavy atom. The van der Waals surface area contributed by atoms with Crippen LogP contribution in [-0.2, 0) is 25.7 Å². The Kier molecular flexibility index (Phi) is 8.76. The van der Waals surface area contributed by atoms with Crippen LogP contribution in [0, 0.1) is 11.3 Å². The van der Waals surface area contributed by atoms with E-state index in [0.29, 0.717) is 22.9 Å². The van der Waals surface area contributed by atoms with Gasteiger partial charge in [-0.25, -0.2) is 4.79 Å². The lowest BCUT2D eigenvalue weighted by atomic mass is 9.99. The molecule has 5 rings (SSSR count). The molecule has 1 saturated carbocycles. The molecule has 11 nitrogen and oxygen atoms in total. The number of amides is 4. The number of likely N-dealkylation sites (N-methyl/N-ethyl adjacent to an activating group) is 1. The molecule has 0 bridgehead atoms. The predicted octanol–water partition coefficient (Wildman–Crippen LogP) is 5.01. The molecule has 0 saturated heterocycles. The van der Waals surface area contributed by atoms with Crippen molar-refractivity contribution in [3.8, 4) is 6.07 Å². The first kappa shape index (κ1) is 32.4. The molecular weight excluding hydrogens is 584 g/mol. The number of aromatic nitrogens is 1. The minimum absolute atomic E-state index is 0.158. The third kappa shape index (κ3) is 6.38. The van der Waals surface area contributed by atoms with E-state index in [1.54, 1.807) is 57.7 Å². The number of nitrogens with one attached hydrogen (secondary N) is 1. The molecule has 3 aromatic rings. The number of para-hydroxylation sites is 1. The van der Waals surface area contributed by atoms with Crippen LogP contribution in [0.4, 0.5) is 16.2 Å². The van der Waals surface area contributed by atoms with E-state index in [-0.39, 0.29) is 12.5 Å². The van der Waals surface area contributed by atoms with Crippen LogP contribution in [-0.4, -0.2) is 64.5 Å². The number of ether oxygens (including phenoxy) is 1. The summed E-state index contributed by atoms with van der Waals surface area (Å²) in [5.41, 5.74) is 3.22. The van der Waals surface area contributed by atoms with Crippen molar-refractivity contribution in [2.75, 3.05) is 16.8 Å². The fourth-order valence-electron chi connectivity index (χ4n) is 5.91. The molecule has 1 fully saturated rings. The number of fused-ring (bicyclic) bond motifs is 2. The van der Waals surface area contributed by atoms with Gasteiger partial charge in [-0.05, 0) is 88.8 Å². The number of carbonyl (C=O) groups is 4. The van der Waals surface area contributed by atoms with Crippen LogP contribution in [0.15, 0.2) is 48.7 Å². The Morgan fingerprint density at radius 1 is 1.15 bits per heavy atom. The number of hydrogen-bond donors (Lipinski definition) is 1. The highest BCUT2D eigenvalue weighted by Gasteiger charge is 2.43. The summed E-state index contributed by atoms with van der Waals surface area (Å²) in [7, 11) is 1.46. The second-order valence-corrected chi connectivity index (χ2v) is 13.1. The lowest BCUT2D eigenvalue weighted by Crippen LogP contribution is -2.60. The van der Waals surface area contributed by atoms with Crippen LogP contribution < -0.4 is 15.1 Å². The zero-order chi connectivity index (χ0) is 33.5. The van der Waals surface area contributed by atoms with Gasteiger partial charge in [0.2, 0.25) is 11.8 Å². The summed E-state index contributed by atoms with van der Waals surface area (Å²) in [6, 6.07) is 11.8. The van der Waals surface area contributed by atoms with Gasteiger partial charge in [0.1, 0.15) is 17.7 Å². The number of hydrogen-bond acceptors (Lipinski definition) is 7. The number of nitrogens with zero attached hydrogens (tertiary/aromatic N) is 5. The Hall–Kier alpha value is -4.98. The number of pyridine rings is 1. The molecule has 46 heavy (non-hydrogen) atoms. The second-order valence-electron chi connectivity index (χ2n) is 13.1. The number of carbonyl (C=O) groups excluding carboxylic acids is 4. The van der Waals surface area contributed by atoms with Crippen molar-refractivity contribution >= 4 is 46.1 Å². The van der Waals surface area contributed by atoms with Gasteiger partial charge in [-0.2, -0.15) is 5.26 Å². The molecule has 0 radical (unpaired) electrons. The van der Waals surface area contributed by atoms with Gasteiger partial charge in [0, 0.05) is 25.6 Å². The summed E-state index contributed by atoms with van der Waals surface area (Å²) < 4.78 is 5.44. The molecule has 1 aromatic heterocycles. The quantitative estimate of drug-likeness (QED) is 0.407. The zero-order valence-electron chi connectivity index (χ0n) is 27.3. The lowest BCUT2D eigenvalue weighted by Gasteiger charge is -2.33. The number of anilines is 2. The average Bonchev–Trinajstić information content (AvgIpc) is 3.86. The average molecular weight is 625 g/mol. The normalized spacial score (nSPS) is 18.7. The molecular formula is C35H40N6O5. The highest BCUT2D eigenvalue weighted by molar-refractivity contribution is 6.09. The van der Waals surface area contributed by atoms with Crippen molar-refractivity contribution in [1.82, 2.24) is 15.2 Å². The fourth-order valence-corrected chi connectivity index (χ4v) is 5.91. The van der Waals surface area contributed by atoms with Gasteiger partial charge in [0.05, 0.1) is 41.1 Å². The first-order valence-corrected chi connectivity index (χ1v) is 15.5. The number of benzene rings is 2. The maximum Gasteiger partial charge on any atom is 0.410 e. The van der Waals surface area contributed by atoms with Gasteiger partial charge in [0.15, 0.2) is 0 Å². The molecule has 0 spiro atoms. The SMILES string of the molecule is CC(=O)N1c2cc(C#N)ccc2N(Cc2c(C3CC3)cnc3ccccc23)C(=O)[C@@H](NC(=O)[C@H](C)N(C)C(=O)OC(C)(C)C)[C@@H]1C. The van der Waals surface area contributed by atoms with Gasteiger partial charge in [0.25, 0.3) is 5.91 Å². The molecule has 1 N–H and O–H groups in total. The summed E-state index contributed by atoms with van der Waals surface area (Å²) >= 11 is 0. The predicted molar refractivity (Wildman–Crippen MR) is 174 cm³/mol. The number of nitriles is 1. The van der Waals surface area contributed by atoms with Crippen molar-refractivity contribution in [1.29, 1.82) is 5.26 Å². The monoisotopic (exact) mass is 624 g/mol. The lowest BCUT2D eigenvalue weighted by molar-refractivity contribution is -0.131. The maximum absolute atomic E-state index is 14.7. The third-order valence-corrected chi connectivity index (χ3v) is 8.61. The van der Waals surface area contributed by atoms with Crippen LogP contribution in [0.2, 0.25) is 0 Å². The molecule has 0 unspecified atom stereocenters. The molecule has 2 aliphatic rings. The smallest absolute Gasteiger partial charge is 0.410 e. The topological polar surface area (TPSA) is 136 Å². The van der Waals surface area contributed by atoms with E-state index < -0.39 is 41.6 Å². The largest absolute Gasteiger partial charge is 0.444 e. The van der Waals surface area contributed by atoms with E-state index in [9.17, 15) is 24.4 Å². The van der Waals surface area contributed by atoms with E-state index >= 15 is 0 Å². The van der Waals surface area contributed by atoms with E-state index in [2.05, 4.69) is 16.4 Å². The fraction of sp³-hybridized carbons (Fsp3) is 0.429. The Balaban J connectivity index is 1.59. The summed E-state index contributed by atoms with van der Waals surface area (Å²) in [6.45, 7) is 9.98. The van der Waals surface area contributed by atoms with E-state index in [0.717, 1.165) is 34.9 Å². The summed E-state index contributed by atoms with van der Waals surface area (Å²) in [4.78, 5) is 63.3. The third-order valence-electron chi connectivity index (χ3n) is 8.61. The molecule has 3 atom stereocenters. The Bertz CT molecular complexity index is 1750. The van der Waals surface area contributed by atoms with E-state index in [4.69, 9.17) is 4.74 Å². The van der Waals surface area contributed by atoms with Gasteiger partial charge in [-0.1, -0.05) is 18.2 Å². The zero-order valence-corrected chi connectivity index (χ0v) is 27.3. The minimum atomic E-state index is -1.18. The van der Waals surface area contributed by atoms with Gasteiger partial charge < -0.3 is 19.9 Å². The summed E-state index contributed by atoms with van der Waals surface area (Å²) in [6.07, 6.45) is 3.26. The summed E-state index contributed by atoms with van der Waals surface area (Å²) in [5.74, 6) is -1.03. The molecule has 2 aromatic carbocycles. The Labute approximate surface area is 269 Å². The molecule has 240 valence electrons. The molecule has 2 heterocycles. The van der Waals surface area contributed by atoms with Crippen molar-refractivity contribution in [3.63, 3.8) is 0 Å². The van der Waals surface area contributed by atoms with Crippen LogP contribution in [0.1, 0.15) is 77.0 Å². The molecule has 11 heteroatoms. The summed E-state index contributed by atoms with van der Waals surface area (Å²) in [5, 5.41) is 13.5. The van der Waals surface area contributed by atoms with Crippen molar-refractivity contribution < 1.29 is 23.9 Å². The van der Waals surface area contributed by atoms with Crippen molar-refractivity contribution in [2.45, 2.75) is 90.6 Å². The maximum atomic E-state index is 14.7. The van der Waals surface area contributed by atoms with Gasteiger partial charge >= 0.3 is 6.09 Å². The first-order chi connectivity index (χ1) is 21.7. The van der Waals surface area contributed by atoms with Crippen molar-refractivity contribution in [2.24, 2.45) is 0 Å². The van der Waals surface area contributed by atoms with E-state index in [1.807, 2.05) is 30.5 Å². The Morgan fingerprint density at radius 3 is 2.48 bits per heavy atom. The first-order valence-electron chi connectivity index (χ1n) is 15.5. The number of rotatable bonds is 6. The minimum Gasteiger partial charge on any atom is -0.444 e. The van der Waals surface area contributed by atoms with Gasteiger partial charge in [-0.15, -0.1) is 0 Å². The van der Waals surface area contributed by atoms with Crippen LogP contribution >= 0.6 is 0 Å². The van der Waals surface area contributed by atoms with Crippen LogP contribution in [0.5, 0.6) is 0 Å². The van der Waals surface area contributed by atoms with Crippen LogP contribution in [0.25, 0.3) is 10.9 Å². The highest BCUT2D eigenvalue weighted by Crippen LogP contribution is 2.44. The standard InChI is InChI=1S/C35H40N6O5/c1-20-31(38-32(43)21(2)39(7)34(45)46-35(4,5)6)33(44)40(29-15-12-23(17-36)16-30(29)41(20)22(3)42)19-27-25-10-8-9-11-28(25)37-18-26(27)24-13-14-24/h8-12,15-16,18,20-21,24,31H,13-14,19H2,1-7H3,(H,38,43)/t20-,21-,31-/m0/s1. The molecule has 1 aliphatic heterocycles. The van der Waals surface area contributed by atoms with Gasteiger partial charge in [-0.3, -0.25) is 24.3 Å². The molecule has 1 aliphatic carbocycles. The molecule has 4 amide bonds.